The first-order chi connectivity index (χ1) is 26.4. The molecule has 55 heavy (non-hydrogen) atoms. The van der Waals surface area contributed by atoms with Crippen LogP contribution in [0.5, 0.6) is 17.2 Å². The second kappa shape index (κ2) is 13.8. The molecule has 1 N–H and O–H groups in total. The number of benzene rings is 4. The summed E-state index contributed by atoms with van der Waals surface area (Å²) in [6.07, 6.45) is 6.07. The molecule has 12 heteroatoms. The molecule has 9 nitrogen and oxygen atoms in total. The van der Waals surface area contributed by atoms with Gasteiger partial charge < -0.3 is 14.6 Å². The van der Waals surface area contributed by atoms with Gasteiger partial charge in [0.2, 0.25) is 23.6 Å². The molecule has 3 fully saturated rings. The van der Waals surface area contributed by atoms with E-state index in [2.05, 4.69) is 15.9 Å². The van der Waals surface area contributed by atoms with Crippen molar-refractivity contribution in [3.8, 4) is 17.2 Å². The Kier molecular flexibility index (Phi) is 9.20. The zero-order valence-electron chi connectivity index (χ0n) is 30.0. The molecule has 0 spiro atoms. The zero-order valence-corrected chi connectivity index (χ0v) is 32.3. The Hall–Kier alpha value is -5.26. The summed E-state index contributed by atoms with van der Waals surface area (Å²) in [5.74, 6) is -4.98. The molecule has 4 aliphatic rings. The van der Waals surface area contributed by atoms with Crippen LogP contribution in [-0.2, 0) is 19.2 Å². The summed E-state index contributed by atoms with van der Waals surface area (Å²) in [5.41, 5.74) is 1.94. The van der Waals surface area contributed by atoms with Gasteiger partial charge in [0.25, 0.3) is 0 Å². The Balaban J connectivity index is 1.14. The molecule has 2 aliphatic carbocycles. The number of amides is 4. The minimum Gasteiger partial charge on any atom is -0.508 e. The molecule has 0 aromatic heterocycles. The molecular formula is C43H35BrClFN2O7. The summed E-state index contributed by atoms with van der Waals surface area (Å²) >= 11 is 9.61. The number of nitrogens with zero attached hydrogens (tertiary/aromatic N) is 2. The number of imide groups is 2. The summed E-state index contributed by atoms with van der Waals surface area (Å²) in [6.45, 7) is 1.71. The normalized spacial score (nSPS) is 25.9. The molecule has 280 valence electrons. The molecule has 2 aliphatic heterocycles. The van der Waals surface area contributed by atoms with Gasteiger partial charge in [-0.25, -0.2) is 9.29 Å². The average molecular weight is 826 g/mol. The van der Waals surface area contributed by atoms with E-state index in [-0.39, 0.29) is 41.1 Å². The molecule has 1 saturated carbocycles. The number of carbonyl (C=O) groups is 4. The third-order valence-corrected chi connectivity index (χ3v) is 12.6. The molecule has 8 rings (SSSR count). The van der Waals surface area contributed by atoms with Gasteiger partial charge in [0, 0.05) is 21.5 Å². The first-order valence-electron chi connectivity index (χ1n) is 17.8. The van der Waals surface area contributed by atoms with Gasteiger partial charge in [-0.1, -0.05) is 63.5 Å². The number of ether oxygens (including phenoxy) is 2. The largest absolute Gasteiger partial charge is 0.508 e. The van der Waals surface area contributed by atoms with E-state index >= 15 is 0 Å². The quantitative estimate of drug-likeness (QED) is 0.113. The van der Waals surface area contributed by atoms with Crippen LogP contribution in [0.1, 0.15) is 42.4 Å². The van der Waals surface area contributed by atoms with Gasteiger partial charge in [0.1, 0.15) is 23.1 Å². The van der Waals surface area contributed by atoms with Crippen molar-refractivity contribution in [2.45, 2.75) is 25.7 Å². The lowest BCUT2D eigenvalue weighted by molar-refractivity contribution is -0.131. The van der Waals surface area contributed by atoms with Crippen LogP contribution in [0, 0.1) is 34.9 Å². The van der Waals surface area contributed by atoms with Crippen molar-refractivity contribution in [2.24, 2.45) is 29.1 Å². The van der Waals surface area contributed by atoms with Crippen LogP contribution < -0.4 is 19.3 Å². The number of rotatable bonds is 7. The lowest BCUT2D eigenvalue weighted by atomic mass is 9.51. The van der Waals surface area contributed by atoms with E-state index in [1.165, 1.54) is 23.1 Å². The Morgan fingerprint density at radius 2 is 1.60 bits per heavy atom. The number of methoxy groups -OCH3 is 2. The van der Waals surface area contributed by atoms with Crippen molar-refractivity contribution in [1.82, 2.24) is 0 Å². The van der Waals surface area contributed by atoms with E-state index in [0.29, 0.717) is 27.2 Å². The van der Waals surface area contributed by atoms with Crippen LogP contribution in [0.4, 0.5) is 15.8 Å². The van der Waals surface area contributed by atoms with Gasteiger partial charge in [0.05, 0.1) is 53.8 Å². The maximum Gasteiger partial charge on any atom is 0.241 e. The second-order valence-electron chi connectivity index (χ2n) is 14.5. The fourth-order valence-corrected chi connectivity index (χ4v) is 9.68. The molecule has 2 saturated heterocycles. The summed E-state index contributed by atoms with van der Waals surface area (Å²) in [5, 5.41) is 11.1. The van der Waals surface area contributed by atoms with Crippen LogP contribution in [-0.4, -0.2) is 43.0 Å². The number of anilines is 2. The molecule has 4 amide bonds. The van der Waals surface area contributed by atoms with Crippen LogP contribution in [0.25, 0.3) is 12.2 Å². The Labute approximate surface area is 330 Å². The molecule has 0 bridgehead atoms. The minimum atomic E-state index is -1.39. The number of phenols is 1. The Morgan fingerprint density at radius 3 is 2.31 bits per heavy atom. The van der Waals surface area contributed by atoms with Crippen LogP contribution in [0.3, 0.4) is 0 Å². The third kappa shape index (κ3) is 5.78. The smallest absolute Gasteiger partial charge is 0.241 e. The number of carbonyl (C=O) groups excluding carboxylic acids is 4. The highest BCUT2D eigenvalue weighted by atomic mass is 79.9. The summed E-state index contributed by atoms with van der Waals surface area (Å²) in [6, 6.07) is 21.2. The highest BCUT2D eigenvalue weighted by Crippen LogP contribution is 2.64. The van der Waals surface area contributed by atoms with E-state index in [0.717, 1.165) is 27.7 Å². The lowest BCUT2D eigenvalue weighted by Gasteiger charge is -2.49. The fourth-order valence-electron chi connectivity index (χ4n) is 9.13. The number of halogens is 3. The van der Waals surface area contributed by atoms with Crippen molar-refractivity contribution in [1.29, 1.82) is 0 Å². The van der Waals surface area contributed by atoms with Gasteiger partial charge in [-0.05, 0) is 98.0 Å². The molecular weight excluding hydrogens is 791 g/mol. The predicted molar refractivity (Wildman–Crippen MR) is 209 cm³/mol. The number of phenolic OH excluding ortho intramolecular Hbond substituents is 1. The SMILES string of the molecule is COc1ccc(OC)c(C=Cc2ccc(N3C(=O)C4CC=C5C(CC6C(=O)N(c7ccc(F)c(Cl)c7)C(=O)C6(C)C5c5cc(Br)ccc5O)C4C3=O)cc2)c1. The fraction of sp³-hybridized carbons (Fsp3) is 0.256. The Bertz CT molecular complexity index is 2360. The van der Waals surface area contributed by atoms with Gasteiger partial charge in [-0.15, -0.1) is 0 Å². The number of fused-ring (bicyclic) bond motifs is 4. The van der Waals surface area contributed by atoms with E-state index < -0.39 is 52.6 Å². The van der Waals surface area contributed by atoms with Crippen molar-refractivity contribution < 1.29 is 38.1 Å². The first kappa shape index (κ1) is 36.7. The highest BCUT2D eigenvalue weighted by molar-refractivity contribution is 9.10. The van der Waals surface area contributed by atoms with E-state index in [4.69, 9.17) is 21.1 Å². The van der Waals surface area contributed by atoms with E-state index in [1.54, 1.807) is 45.4 Å². The third-order valence-electron chi connectivity index (χ3n) is 11.8. The molecule has 0 radical (unpaired) electrons. The summed E-state index contributed by atoms with van der Waals surface area (Å²) in [7, 11) is 3.18. The average Bonchev–Trinajstić information content (AvgIpc) is 3.55. The van der Waals surface area contributed by atoms with Gasteiger partial charge in [0.15, 0.2) is 0 Å². The molecule has 2 heterocycles. The predicted octanol–water partition coefficient (Wildman–Crippen LogP) is 8.57. The van der Waals surface area contributed by atoms with Gasteiger partial charge in [-0.3, -0.25) is 24.1 Å². The maximum atomic E-state index is 14.6. The van der Waals surface area contributed by atoms with Crippen molar-refractivity contribution in [2.75, 3.05) is 24.0 Å². The van der Waals surface area contributed by atoms with E-state index in [1.807, 2.05) is 48.6 Å². The number of hydrogen-bond acceptors (Lipinski definition) is 7. The zero-order chi connectivity index (χ0) is 38.9. The van der Waals surface area contributed by atoms with Crippen LogP contribution in [0.15, 0.2) is 95.0 Å². The van der Waals surface area contributed by atoms with Gasteiger partial charge >= 0.3 is 0 Å². The molecule has 4 aromatic carbocycles. The second-order valence-corrected chi connectivity index (χ2v) is 15.8. The van der Waals surface area contributed by atoms with Gasteiger partial charge in [-0.2, -0.15) is 0 Å². The Morgan fingerprint density at radius 1 is 0.855 bits per heavy atom. The minimum absolute atomic E-state index is 0.0742. The molecule has 6 unspecified atom stereocenters. The summed E-state index contributed by atoms with van der Waals surface area (Å²) in [4.78, 5) is 60.0. The number of allylic oxidation sites excluding steroid dienone is 2. The van der Waals surface area contributed by atoms with Crippen LogP contribution >= 0.6 is 27.5 Å². The number of hydrogen-bond donors (Lipinski definition) is 1. The monoisotopic (exact) mass is 824 g/mol. The number of aromatic hydroxyl groups is 1. The topological polar surface area (TPSA) is 113 Å². The standard InChI is InChI=1S/C43H35BrClFN2O7/c1-43-32(40(51)48(42(43)53)26-11-15-34(46)33(45)20-26)21-30-28(38(43)31-19-24(44)8-16-35(31)49)13-14-29-37(30)41(52)47(39(29)50)25-9-5-22(6-10-25)4-7-23-18-27(54-2)12-17-36(23)55-3/h4-13,15-20,29-30,32,37-38,49H,14,21H2,1-3H3. The van der Waals surface area contributed by atoms with Crippen molar-refractivity contribution >= 4 is 74.7 Å². The first-order valence-corrected chi connectivity index (χ1v) is 18.9. The van der Waals surface area contributed by atoms with E-state index in [9.17, 15) is 28.7 Å². The summed E-state index contributed by atoms with van der Waals surface area (Å²) < 4.78 is 25.7. The molecule has 6 atom stereocenters. The lowest BCUT2D eigenvalue weighted by Crippen LogP contribution is -2.48. The van der Waals surface area contributed by atoms with Crippen LogP contribution in [0.2, 0.25) is 5.02 Å². The van der Waals surface area contributed by atoms with Crippen molar-refractivity contribution in [3.63, 3.8) is 0 Å². The maximum absolute atomic E-state index is 14.6. The highest BCUT2D eigenvalue weighted by Gasteiger charge is 2.68. The molecule has 4 aromatic rings. The van der Waals surface area contributed by atoms with Crippen molar-refractivity contribution in [3.05, 3.63) is 123 Å².